The molecule has 0 aliphatic rings. The Bertz CT molecular complexity index is 385. The summed E-state index contributed by atoms with van der Waals surface area (Å²) in [5.74, 6) is -0.751. The maximum Gasteiger partial charge on any atom is 0.304 e. The SMILES string of the molecule is Cc1c(CN(CCC(=O)O)C(C)C)cnn1C. The zero-order valence-corrected chi connectivity index (χ0v) is 11.0. The van der Waals surface area contributed by atoms with Crippen molar-refractivity contribution in [2.75, 3.05) is 6.54 Å². The molecule has 0 atom stereocenters. The minimum absolute atomic E-state index is 0.178. The van der Waals surface area contributed by atoms with Gasteiger partial charge in [0.15, 0.2) is 0 Å². The number of aryl methyl sites for hydroxylation is 1. The van der Waals surface area contributed by atoms with E-state index in [1.807, 2.05) is 24.9 Å². The van der Waals surface area contributed by atoms with Gasteiger partial charge in [-0.25, -0.2) is 0 Å². The molecule has 5 nitrogen and oxygen atoms in total. The first kappa shape index (κ1) is 13.7. The second kappa shape index (κ2) is 5.82. The van der Waals surface area contributed by atoms with Crippen LogP contribution in [0, 0.1) is 6.92 Å². The van der Waals surface area contributed by atoms with Crippen LogP contribution in [0.15, 0.2) is 6.20 Å². The van der Waals surface area contributed by atoms with E-state index in [4.69, 9.17) is 5.11 Å². The van der Waals surface area contributed by atoms with Gasteiger partial charge in [-0.3, -0.25) is 14.4 Å². The molecule has 0 bridgehead atoms. The predicted octanol–water partition coefficient (Wildman–Crippen LogP) is 1.41. The van der Waals surface area contributed by atoms with Gasteiger partial charge < -0.3 is 5.11 Å². The van der Waals surface area contributed by atoms with Gasteiger partial charge in [-0.1, -0.05) is 0 Å². The maximum atomic E-state index is 10.6. The van der Waals surface area contributed by atoms with Crippen LogP contribution in [0.1, 0.15) is 31.5 Å². The quantitative estimate of drug-likeness (QED) is 0.815. The van der Waals surface area contributed by atoms with Crippen molar-refractivity contribution in [1.82, 2.24) is 14.7 Å². The summed E-state index contributed by atoms with van der Waals surface area (Å²) in [5, 5.41) is 12.9. The van der Waals surface area contributed by atoms with Crippen LogP contribution in [0.5, 0.6) is 0 Å². The van der Waals surface area contributed by atoms with E-state index in [1.54, 1.807) is 0 Å². The number of aliphatic carboxylic acids is 1. The molecule has 0 spiro atoms. The Balaban J connectivity index is 2.66. The highest BCUT2D eigenvalue weighted by Crippen LogP contribution is 2.12. The Morgan fingerprint density at radius 1 is 1.59 bits per heavy atom. The summed E-state index contributed by atoms with van der Waals surface area (Å²) in [4.78, 5) is 12.8. The van der Waals surface area contributed by atoms with E-state index in [1.165, 1.54) is 0 Å². The highest BCUT2D eigenvalue weighted by Gasteiger charge is 2.14. The van der Waals surface area contributed by atoms with Crippen molar-refractivity contribution in [2.45, 2.75) is 39.8 Å². The Hall–Kier alpha value is -1.36. The van der Waals surface area contributed by atoms with Gasteiger partial charge >= 0.3 is 5.97 Å². The van der Waals surface area contributed by atoms with Crippen molar-refractivity contribution in [2.24, 2.45) is 7.05 Å². The van der Waals surface area contributed by atoms with E-state index < -0.39 is 5.97 Å². The van der Waals surface area contributed by atoms with Gasteiger partial charge in [0.1, 0.15) is 0 Å². The van der Waals surface area contributed by atoms with Gasteiger partial charge in [-0.15, -0.1) is 0 Å². The second-order valence-electron chi connectivity index (χ2n) is 4.59. The Kier molecular flexibility index (Phi) is 4.69. The first-order valence-corrected chi connectivity index (χ1v) is 5.85. The minimum Gasteiger partial charge on any atom is -0.481 e. The first-order chi connectivity index (χ1) is 7.91. The van der Waals surface area contributed by atoms with Crippen molar-refractivity contribution in [3.63, 3.8) is 0 Å². The summed E-state index contributed by atoms with van der Waals surface area (Å²) in [6.07, 6.45) is 2.03. The molecule has 0 saturated heterocycles. The van der Waals surface area contributed by atoms with E-state index in [0.29, 0.717) is 12.6 Å². The van der Waals surface area contributed by atoms with Gasteiger partial charge in [-0.2, -0.15) is 5.10 Å². The molecular weight excluding hydrogens is 218 g/mol. The molecule has 0 aliphatic carbocycles. The number of carboxylic acids is 1. The standard InChI is InChI=1S/C12H21N3O2/c1-9(2)15(6-5-12(16)17)8-11-7-13-14(4)10(11)3/h7,9H,5-6,8H2,1-4H3,(H,16,17). The molecule has 1 aromatic heterocycles. The molecule has 1 N–H and O–H groups in total. The van der Waals surface area contributed by atoms with Crippen LogP contribution in [-0.2, 0) is 18.4 Å². The third kappa shape index (κ3) is 3.85. The fourth-order valence-electron chi connectivity index (χ4n) is 1.68. The van der Waals surface area contributed by atoms with E-state index >= 15 is 0 Å². The largest absolute Gasteiger partial charge is 0.481 e. The lowest BCUT2D eigenvalue weighted by Gasteiger charge is -2.25. The van der Waals surface area contributed by atoms with Gasteiger partial charge in [0.05, 0.1) is 12.6 Å². The van der Waals surface area contributed by atoms with Gasteiger partial charge in [-0.05, 0) is 20.8 Å². The average Bonchev–Trinajstić information content (AvgIpc) is 2.54. The first-order valence-electron chi connectivity index (χ1n) is 5.85. The topological polar surface area (TPSA) is 58.4 Å². The summed E-state index contributed by atoms with van der Waals surface area (Å²) < 4.78 is 1.84. The molecule has 0 amide bonds. The van der Waals surface area contributed by atoms with Crippen LogP contribution in [0.2, 0.25) is 0 Å². The van der Waals surface area contributed by atoms with Crippen LogP contribution in [0.3, 0.4) is 0 Å². The molecular formula is C12H21N3O2. The van der Waals surface area contributed by atoms with Crippen LogP contribution in [0.4, 0.5) is 0 Å². The molecule has 0 aromatic carbocycles. The monoisotopic (exact) mass is 239 g/mol. The zero-order chi connectivity index (χ0) is 13.0. The predicted molar refractivity (Wildman–Crippen MR) is 65.7 cm³/mol. The van der Waals surface area contributed by atoms with Crippen molar-refractivity contribution >= 4 is 5.97 Å². The van der Waals surface area contributed by atoms with Gasteiger partial charge in [0, 0.05) is 37.4 Å². The number of carboxylic acid groups (broad SMARTS) is 1. The Labute approximate surface area is 102 Å². The summed E-state index contributed by atoms with van der Waals surface area (Å²) in [6, 6.07) is 0.328. The van der Waals surface area contributed by atoms with Crippen molar-refractivity contribution in [3.05, 3.63) is 17.5 Å². The lowest BCUT2D eigenvalue weighted by Crippen LogP contribution is -2.32. The van der Waals surface area contributed by atoms with Gasteiger partial charge in [0.25, 0.3) is 0 Å². The summed E-state index contributed by atoms with van der Waals surface area (Å²) >= 11 is 0. The van der Waals surface area contributed by atoms with Crippen molar-refractivity contribution in [3.8, 4) is 0 Å². The number of nitrogens with zero attached hydrogens (tertiary/aromatic N) is 3. The molecule has 5 heteroatoms. The average molecular weight is 239 g/mol. The number of aromatic nitrogens is 2. The summed E-state index contributed by atoms with van der Waals surface area (Å²) in [6.45, 7) is 7.51. The fraction of sp³-hybridized carbons (Fsp3) is 0.667. The maximum absolute atomic E-state index is 10.6. The van der Waals surface area contributed by atoms with E-state index in [-0.39, 0.29) is 6.42 Å². The van der Waals surface area contributed by atoms with Crippen LogP contribution < -0.4 is 0 Å². The lowest BCUT2D eigenvalue weighted by molar-refractivity contribution is -0.137. The molecule has 1 heterocycles. The molecule has 0 radical (unpaired) electrons. The normalized spacial score (nSPS) is 11.4. The van der Waals surface area contributed by atoms with Crippen LogP contribution in [0.25, 0.3) is 0 Å². The van der Waals surface area contributed by atoms with Gasteiger partial charge in [0.2, 0.25) is 0 Å². The number of carbonyl (C=O) groups is 1. The van der Waals surface area contributed by atoms with E-state index in [9.17, 15) is 4.79 Å². The minimum atomic E-state index is -0.751. The number of hydrogen-bond acceptors (Lipinski definition) is 3. The molecule has 0 aliphatic heterocycles. The van der Waals surface area contributed by atoms with E-state index in [2.05, 4.69) is 23.8 Å². The third-order valence-corrected chi connectivity index (χ3v) is 3.05. The zero-order valence-electron chi connectivity index (χ0n) is 11.0. The highest BCUT2D eigenvalue weighted by atomic mass is 16.4. The summed E-state index contributed by atoms with van der Waals surface area (Å²) in [5.41, 5.74) is 2.29. The molecule has 1 rings (SSSR count). The van der Waals surface area contributed by atoms with Crippen LogP contribution >= 0.6 is 0 Å². The van der Waals surface area contributed by atoms with Crippen LogP contribution in [-0.4, -0.2) is 38.3 Å². The summed E-state index contributed by atoms with van der Waals surface area (Å²) in [7, 11) is 1.91. The molecule has 0 saturated carbocycles. The lowest BCUT2D eigenvalue weighted by atomic mass is 10.2. The highest BCUT2D eigenvalue weighted by molar-refractivity contribution is 5.66. The van der Waals surface area contributed by atoms with E-state index in [0.717, 1.165) is 17.8 Å². The number of rotatable bonds is 6. The third-order valence-electron chi connectivity index (χ3n) is 3.05. The molecule has 17 heavy (non-hydrogen) atoms. The van der Waals surface area contributed by atoms with Crippen molar-refractivity contribution < 1.29 is 9.90 Å². The number of hydrogen-bond donors (Lipinski definition) is 1. The van der Waals surface area contributed by atoms with Crippen molar-refractivity contribution in [1.29, 1.82) is 0 Å². The molecule has 96 valence electrons. The smallest absolute Gasteiger partial charge is 0.304 e. The second-order valence-corrected chi connectivity index (χ2v) is 4.59. The molecule has 0 fully saturated rings. The Morgan fingerprint density at radius 2 is 2.24 bits per heavy atom. The fourth-order valence-corrected chi connectivity index (χ4v) is 1.68. The molecule has 1 aromatic rings. The molecule has 0 unspecified atom stereocenters. The Morgan fingerprint density at radius 3 is 2.65 bits per heavy atom.